The van der Waals surface area contributed by atoms with E-state index in [9.17, 15) is 8.42 Å². The van der Waals surface area contributed by atoms with E-state index in [-0.39, 0.29) is 16.5 Å². The number of hydrogen-bond donors (Lipinski definition) is 1. The summed E-state index contributed by atoms with van der Waals surface area (Å²) in [5, 5.41) is 4.20. The van der Waals surface area contributed by atoms with Crippen LogP contribution in [0.15, 0.2) is 47.4 Å². The van der Waals surface area contributed by atoms with Crippen LogP contribution < -0.4 is 24.7 Å². The highest BCUT2D eigenvalue weighted by atomic mass is 32.2. The molecule has 0 atom stereocenters. The molecule has 0 aliphatic rings. The maximum Gasteiger partial charge on any atom is 0.285 e. The minimum atomic E-state index is -4.07. The van der Waals surface area contributed by atoms with Crippen LogP contribution in [0, 0.1) is 0 Å². The average molecular weight is 419 g/mol. The SMILES string of the molecule is COc1ccc(-c2cc(N)n(S(=O)(=O)c3ccc(OC)c(OC)c3)n2)c(OC)c1. The fourth-order valence-electron chi connectivity index (χ4n) is 2.79. The van der Waals surface area contributed by atoms with Crippen LogP contribution in [0.25, 0.3) is 11.3 Å². The maximum absolute atomic E-state index is 13.1. The van der Waals surface area contributed by atoms with Gasteiger partial charge in [-0.1, -0.05) is 0 Å². The number of rotatable bonds is 7. The molecule has 1 heterocycles. The third kappa shape index (κ3) is 3.66. The summed E-state index contributed by atoms with van der Waals surface area (Å²) in [5.41, 5.74) is 6.89. The molecule has 0 aliphatic carbocycles. The van der Waals surface area contributed by atoms with Crippen molar-refractivity contribution in [3.63, 3.8) is 0 Å². The standard InChI is InChI=1S/C19H21N3O6S/c1-25-12-5-7-14(17(9-12)27-3)15-11-19(20)22(21-15)29(23,24)13-6-8-16(26-2)18(10-13)28-4/h5-11H,20H2,1-4H3. The van der Waals surface area contributed by atoms with E-state index in [0.717, 1.165) is 4.09 Å². The second-order valence-corrected chi connectivity index (χ2v) is 7.65. The molecular weight excluding hydrogens is 398 g/mol. The molecule has 0 aliphatic heterocycles. The lowest BCUT2D eigenvalue weighted by Crippen LogP contribution is -2.17. The van der Waals surface area contributed by atoms with E-state index in [4.69, 9.17) is 24.7 Å². The number of benzene rings is 2. The number of nitrogen functional groups attached to an aromatic ring is 1. The van der Waals surface area contributed by atoms with E-state index < -0.39 is 10.0 Å². The Labute approximate surface area is 168 Å². The van der Waals surface area contributed by atoms with E-state index >= 15 is 0 Å². The van der Waals surface area contributed by atoms with Gasteiger partial charge in [-0.25, -0.2) is 0 Å². The number of aromatic nitrogens is 2. The number of anilines is 1. The Balaban J connectivity index is 2.09. The Kier molecular flexibility index (Phi) is 5.55. The van der Waals surface area contributed by atoms with Crippen LogP contribution in [0.2, 0.25) is 0 Å². The van der Waals surface area contributed by atoms with Crippen molar-refractivity contribution in [1.29, 1.82) is 0 Å². The monoisotopic (exact) mass is 419 g/mol. The summed E-state index contributed by atoms with van der Waals surface area (Å²) in [5.74, 6) is 1.70. The third-order valence-electron chi connectivity index (χ3n) is 4.27. The summed E-state index contributed by atoms with van der Waals surface area (Å²) in [6, 6.07) is 10.8. The molecule has 1 aromatic heterocycles. The second-order valence-electron chi connectivity index (χ2n) is 5.89. The largest absolute Gasteiger partial charge is 0.497 e. The molecule has 0 saturated heterocycles. The Morgan fingerprint density at radius 3 is 2.14 bits per heavy atom. The van der Waals surface area contributed by atoms with Crippen molar-refractivity contribution in [2.45, 2.75) is 4.90 Å². The highest BCUT2D eigenvalue weighted by Crippen LogP contribution is 2.35. The molecule has 2 aromatic carbocycles. The molecule has 0 saturated carbocycles. The van der Waals surface area contributed by atoms with Crippen molar-refractivity contribution in [1.82, 2.24) is 9.19 Å². The predicted octanol–water partition coefficient (Wildman–Crippen LogP) is 2.40. The van der Waals surface area contributed by atoms with Gasteiger partial charge in [0.25, 0.3) is 10.0 Å². The van der Waals surface area contributed by atoms with E-state index in [0.29, 0.717) is 28.5 Å². The molecule has 0 radical (unpaired) electrons. The topological polar surface area (TPSA) is 115 Å². The predicted molar refractivity (Wildman–Crippen MR) is 107 cm³/mol. The van der Waals surface area contributed by atoms with Gasteiger partial charge >= 0.3 is 0 Å². The lowest BCUT2D eigenvalue weighted by atomic mass is 10.1. The number of nitrogens with zero attached hydrogens (tertiary/aromatic N) is 2. The first-order valence-electron chi connectivity index (χ1n) is 8.41. The Hall–Kier alpha value is -3.40. The zero-order valence-electron chi connectivity index (χ0n) is 16.4. The van der Waals surface area contributed by atoms with Crippen molar-refractivity contribution in [2.75, 3.05) is 34.2 Å². The minimum absolute atomic E-state index is 0.0433. The molecule has 0 fully saturated rings. The first-order chi connectivity index (χ1) is 13.8. The molecule has 0 spiro atoms. The van der Waals surface area contributed by atoms with E-state index in [1.165, 1.54) is 52.7 Å². The first kappa shape index (κ1) is 20.3. The van der Waals surface area contributed by atoms with Crippen LogP contribution >= 0.6 is 0 Å². The van der Waals surface area contributed by atoms with Crippen LogP contribution in [0.3, 0.4) is 0 Å². The smallest absolute Gasteiger partial charge is 0.285 e. The summed E-state index contributed by atoms with van der Waals surface area (Å²) in [7, 11) is 1.86. The van der Waals surface area contributed by atoms with Crippen molar-refractivity contribution in [3.05, 3.63) is 42.5 Å². The van der Waals surface area contributed by atoms with Gasteiger partial charge < -0.3 is 24.7 Å². The molecular formula is C19H21N3O6S. The van der Waals surface area contributed by atoms with Crippen molar-refractivity contribution >= 4 is 15.8 Å². The van der Waals surface area contributed by atoms with Crippen LogP contribution in [-0.2, 0) is 10.0 Å². The van der Waals surface area contributed by atoms with Gasteiger partial charge in [0, 0.05) is 23.8 Å². The van der Waals surface area contributed by atoms with Crippen molar-refractivity contribution < 1.29 is 27.4 Å². The van der Waals surface area contributed by atoms with Gasteiger partial charge in [-0.2, -0.15) is 13.5 Å². The van der Waals surface area contributed by atoms with Crippen LogP contribution in [0.1, 0.15) is 0 Å². The maximum atomic E-state index is 13.1. The fraction of sp³-hybridized carbons (Fsp3) is 0.211. The van der Waals surface area contributed by atoms with Gasteiger partial charge in [-0.3, -0.25) is 0 Å². The van der Waals surface area contributed by atoms with E-state index in [1.807, 2.05) is 0 Å². The zero-order valence-corrected chi connectivity index (χ0v) is 17.2. The molecule has 3 aromatic rings. The Morgan fingerprint density at radius 2 is 1.52 bits per heavy atom. The van der Waals surface area contributed by atoms with Crippen molar-refractivity contribution in [3.8, 4) is 34.3 Å². The Bertz CT molecular complexity index is 1140. The molecule has 3 rings (SSSR count). The number of methoxy groups -OCH3 is 4. The van der Waals surface area contributed by atoms with Gasteiger partial charge in [-0.05, 0) is 24.3 Å². The van der Waals surface area contributed by atoms with Gasteiger partial charge in [0.1, 0.15) is 17.3 Å². The molecule has 0 bridgehead atoms. The molecule has 9 nitrogen and oxygen atoms in total. The molecule has 0 amide bonds. The Morgan fingerprint density at radius 1 is 0.828 bits per heavy atom. The summed E-state index contributed by atoms with van der Waals surface area (Å²) in [6.07, 6.45) is 0. The lowest BCUT2D eigenvalue weighted by molar-refractivity contribution is 0.354. The highest BCUT2D eigenvalue weighted by Gasteiger charge is 2.24. The van der Waals surface area contributed by atoms with E-state index in [2.05, 4.69) is 5.10 Å². The minimum Gasteiger partial charge on any atom is -0.497 e. The molecule has 10 heteroatoms. The number of hydrogen-bond acceptors (Lipinski definition) is 8. The van der Waals surface area contributed by atoms with E-state index in [1.54, 1.807) is 18.2 Å². The number of ether oxygens (including phenoxy) is 4. The summed E-state index contributed by atoms with van der Waals surface area (Å²) in [6.45, 7) is 0. The molecule has 29 heavy (non-hydrogen) atoms. The zero-order chi connectivity index (χ0) is 21.2. The third-order valence-corrected chi connectivity index (χ3v) is 5.87. The summed E-state index contributed by atoms with van der Waals surface area (Å²) in [4.78, 5) is -0.0433. The lowest BCUT2D eigenvalue weighted by Gasteiger charge is -2.11. The first-order valence-corrected chi connectivity index (χ1v) is 9.85. The quantitative estimate of drug-likeness (QED) is 0.621. The van der Waals surface area contributed by atoms with Crippen LogP contribution in [0.5, 0.6) is 23.0 Å². The van der Waals surface area contributed by atoms with Gasteiger partial charge in [0.05, 0.1) is 39.0 Å². The summed E-state index contributed by atoms with van der Waals surface area (Å²) < 4.78 is 47.8. The van der Waals surface area contributed by atoms with Crippen LogP contribution in [0.4, 0.5) is 5.82 Å². The average Bonchev–Trinajstić information content (AvgIpc) is 3.14. The molecule has 2 N–H and O–H groups in total. The second kappa shape index (κ2) is 7.92. The summed E-state index contributed by atoms with van der Waals surface area (Å²) >= 11 is 0. The fourth-order valence-corrected chi connectivity index (χ4v) is 4.01. The number of nitrogens with two attached hydrogens (primary N) is 1. The van der Waals surface area contributed by atoms with Crippen molar-refractivity contribution in [2.24, 2.45) is 0 Å². The van der Waals surface area contributed by atoms with Gasteiger partial charge in [0.15, 0.2) is 11.5 Å². The van der Waals surface area contributed by atoms with Gasteiger partial charge in [0.2, 0.25) is 0 Å². The highest BCUT2D eigenvalue weighted by molar-refractivity contribution is 7.90. The molecule has 154 valence electrons. The van der Waals surface area contributed by atoms with Gasteiger partial charge in [-0.15, -0.1) is 4.09 Å². The normalized spacial score (nSPS) is 11.2. The molecule has 0 unspecified atom stereocenters. The van der Waals surface area contributed by atoms with Crippen LogP contribution in [-0.4, -0.2) is 46.0 Å².